The van der Waals surface area contributed by atoms with E-state index >= 15 is 0 Å². The van der Waals surface area contributed by atoms with E-state index in [2.05, 4.69) is 35.2 Å². The lowest BCUT2D eigenvalue weighted by molar-refractivity contribution is -0.140. The van der Waals surface area contributed by atoms with Gasteiger partial charge in [0.05, 0.1) is 13.5 Å². The Labute approximate surface area is 95.8 Å². The smallest absolute Gasteiger partial charge is 0.307 e. The Bertz CT molecular complexity index is 401. The van der Waals surface area contributed by atoms with Gasteiger partial charge >= 0.3 is 5.97 Å². The van der Waals surface area contributed by atoms with Crippen LogP contribution < -0.4 is 5.32 Å². The number of rotatable bonds is 2. The molecule has 0 amide bonds. The number of carbonyl (C=O) groups is 1. The van der Waals surface area contributed by atoms with Crippen LogP contribution in [0.4, 0.5) is 5.69 Å². The minimum Gasteiger partial charge on any atom is -0.469 e. The number of aryl methyl sites for hydroxylation is 2. The van der Waals surface area contributed by atoms with Crippen LogP contribution in [0.5, 0.6) is 0 Å². The highest BCUT2D eigenvalue weighted by atomic mass is 16.5. The van der Waals surface area contributed by atoms with Crippen molar-refractivity contribution in [3.8, 4) is 0 Å². The molecule has 1 N–H and O–H groups in total. The molecule has 1 unspecified atom stereocenters. The van der Waals surface area contributed by atoms with Crippen LogP contribution in [0, 0.1) is 6.92 Å². The van der Waals surface area contributed by atoms with E-state index in [4.69, 9.17) is 0 Å². The summed E-state index contributed by atoms with van der Waals surface area (Å²) in [5, 5.41) is 3.39. The van der Waals surface area contributed by atoms with E-state index in [1.54, 1.807) is 0 Å². The number of hydrogen-bond acceptors (Lipinski definition) is 3. The number of carbonyl (C=O) groups excluding carboxylic acids is 1. The molecule has 16 heavy (non-hydrogen) atoms. The van der Waals surface area contributed by atoms with E-state index in [1.165, 1.54) is 18.2 Å². The fourth-order valence-electron chi connectivity index (χ4n) is 2.13. The summed E-state index contributed by atoms with van der Waals surface area (Å²) in [7, 11) is 1.43. The maximum Gasteiger partial charge on any atom is 0.307 e. The number of esters is 1. The van der Waals surface area contributed by atoms with Crippen LogP contribution in [-0.2, 0) is 16.0 Å². The molecule has 0 spiro atoms. The normalized spacial score (nSPS) is 18.5. The predicted molar refractivity (Wildman–Crippen MR) is 63.5 cm³/mol. The number of benzene rings is 1. The summed E-state index contributed by atoms with van der Waals surface area (Å²) in [5.74, 6) is -0.145. The molecule has 0 bridgehead atoms. The molecule has 86 valence electrons. The Morgan fingerprint density at radius 1 is 1.56 bits per heavy atom. The highest BCUT2D eigenvalue weighted by Crippen LogP contribution is 2.26. The van der Waals surface area contributed by atoms with E-state index in [9.17, 15) is 4.79 Å². The quantitative estimate of drug-likeness (QED) is 0.775. The highest BCUT2D eigenvalue weighted by molar-refractivity contribution is 5.71. The number of methoxy groups -OCH3 is 1. The van der Waals surface area contributed by atoms with Crippen LogP contribution in [0.1, 0.15) is 24.0 Å². The summed E-state index contributed by atoms with van der Waals surface area (Å²) in [4.78, 5) is 11.2. The summed E-state index contributed by atoms with van der Waals surface area (Å²) < 4.78 is 4.68. The maximum atomic E-state index is 11.2. The van der Waals surface area contributed by atoms with Crippen molar-refractivity contribution in [2.45, 2.75) is 32.2 Å². The molecule has 1 aromatic rings. The maximum absolute atomic E-state index is 11.2. The van der Waals surface area contributed by atoms with Gasteiger partial charge in [0.2, 0.25) is 0 Å². The molecule has 0 aliphatic carbocycles. The molecule has 0 saturated heterocycles. The van der Waals surface area contributed by atoms with Gasteiger partial charge in [-0.2, -0.15) is 0 Å². The zero-order chi connectivity index (χ0) is 11.5. The Balaban J connectivity index is 2.06. The van der Waals surface area contributed by atoms with Crippen molar-refractivity contribution >= 4 is 11.7 Å². The van der Waals surface area contributed by atoms with Crippen molar-refractivity contribution in [3.63, 3.8) is 0 Å². The number of anilines is 1. The second kappa shape index (κ2) is 4.56. The van der Waals surface area contributed by atoms with Gasteiger partial charge in [-0.25, -0.2) is 0 Å². The topological polar surface area (TPSA) is 38.3 Å². The molecule has 0 fully saturated rings. The molecule has 3 nitrogen and oxygen atoms in total. The summed E-state index contributed by atoms with van der Waals surface area (Å²) in [6.07, 6.45) is 2.47. The van der Waals surface area contributed by atoms with Gasteiger partial charge in [0.1, 0.15) is 0 Å². The third kappa shape index (κ3) is 2.35. The molecule has 1 atom stereocenters. The fourth-order valence-corrected chi connectivity index (χ4v) is 2.13. The van der Waals surface area contributed by atoms with Crippen LogP contribution >= 0.6 is 0 Å². The molecule has 1 heterocycles. The second-order valence-corrected chi connectivity index (χ2v) is 4.32. The van der Waals surface area contributed by atoms with Crippen molar-refractivity contribution in [3.05, 3.63) is 29.3 Å². The molecule has 1 aliphatic heterocycles. The van der Waals surface area contributed by atoms with Crippen LogP contribution in [-0.4, -0.2) is 19.1 Å². The summed E-state index contributed by atoms with van der Waals surface area (Å²) >= 11 is 0. The standard InChI is InChI=1S/C13H17NO2/c1-9-3-6-12-10(7-9)4-5-11(14-12)8-13(15)16-2/h3,6-7,11,14H,4-5,8H2,1-2H3. The zero-order valence-corrected chi connectivity index (χ0v) is 9.75. The predicted octanol–water partition coefficient (Wildman–Crippen LogP) is 2.28. The van der Waals surface area contributed by atoms with Crippen LogP contribution in [0.3, 0.4) is 0 Å². The highest BCUT2D eigenvalue weighted by Gasteiger charge is 2.20. The zero-order valence-electron chi connectivity index (χ0n) is 9.75. The first-order valence-electron chi connectivity index (χ1n) is 5.62. The van der Waals surface area contributed by atoms with Gasteiger partial charge < -0.3 is 10.1 Å². The fraction of sp³-hybridized carbons (Fsp3) is 0.462. The Hall–Kier alpha value is -1.51. The van der Waals surface area contributed by atoms with Crippen LogP contribution in [0.2, 0.25) is 0 Å². The van der Waals surface area contributed by atoms with Crippen LogP contribution in [0.15, 0.2) is 18.2 Å². The van der Waals surface area contributed by atoms with Gasteiger partial charge in [-0.05, 0) is 31.4 Å². The lowest BCUT2D eigenvalue weighted by Gasteiger charge is -2.26. The summed E-state index contributed by atoms with van der Waals surface area (Å²) in [6, 6.07) is 6.60. The third-order valence-corrected chi connectivity index (χ3v) is 3.02. The average molecular weight is 219 g/mol. The Kier molecular flexibility index (Phi) is 3.13. The SMILES string of the molecule is COC(=O)CC1CCc2cc(C)ccc2N1. The molecule has 1 aromatic carbocycles. The molecule has 3 heteroatoms. The van der Waals surface area contributed by atoms with Crippen molar-refractivity contribution in [2.75, 3.05) is 12.4 Å². The van der Waals surface area contributed by atoms with E-state index in [1.807, 2.05) is 0 Å². The first kappa shape index (κ1) is 11.0. The van der Waals surface area contributed by atoms with Crippen molar-refractivity contribution < 1.29 is 9.53 Å². The van der Waals surface area contributed by atoms with Gasteiger partial charge in [0, 0.05) is 11.7 Å². The largest absolute Gasteiger partial charge is 0.469 e. The van der Waals surface area contributed by atoms with E-state index in [-0.39, 0.29) is 12.0 Å². The second-order valence-electron chi connectivity index (χ2n) is 4.32. The summed E-state index contributed by atoms with van der Waals surface area (Å²) in [5.41, 5.74) is 3.79. The van der Waals surface area contributed by atoms with Gasteiger partial charge in [-0.3, -0.25) is 4.79 Å². The molecule has 1 aliphatic rings. The third-order valence-electron chi connectivity index (χ3n) is 3.02. The van der Waals surface area contributed by atoms with Crippen LogP contribution in [0.25, 0.3) is 0 Å². The van der Waals surface area contributed by atoms with Crippen molar-refractivity contribution in [1.29, 1.82) is 0 Å². The molecule has 0 radical (unpaired) electrons. The number of fused-ring (bicyclic) bond motifs is 1. The lowest BCUT2D eigenvalue weighted by Crippen LogP contribution is -2.28. The Morgan fingerprint density at radius 3 is 3.12 bits per heavy atom. The molecule has 0 saturated carbocycles. The van der Waals surface area contributed by atoms with Crippen molar-refractivity contribution in [2.24, 2.45) is 0 Å². The number of nitrogens with one attached hydrogen (secondary N) is 1. The molecule has 0 aromatic heterocycles. The minimum atomic E-state index is -0.145. The molecular weight excluding hydrogens is 202 g/mol. The van der Waals surface area contributed by atoms with Gasteiger partial charge in [0.15, 0.2) is 0 Å². The van der Waals surface area contributed by atoms with E-state index in [0.717, 1.165) is 18.5 Å². The Morgan fingerprint density at radius 2 is 2.38 bits per heavy atom. The average Bonchev–Trinajstić information content (AvgIpc) is 2.29. The van der Waals surface area contributed by atoms with Gasteiger partial charge in [0.25, 0.3) is 0 Å². The first-order chi connectivity index (χ1) is 7.69. The number of ether oxygens (including phenoxy) is 1. The van der Waals surface area contributed by atoms with Crippen molar-refractivity contribution in [1.82, 2.24) is 0 Å². The molecule has 2 rings (SSSR count). The monoisotopic (exact) mass is 219 g/mol. The summed E-state index contributed by atoms with van der Waals surface area (Å²) in [6.45, 7) is 2.10. The first-order valence-corrected chi connectivity index (χ1v) is 5.62. The minimum absolute atomic E-state index is 0.145. The lowest BCUT2D eigenvalue weighted by atomic mass is 9.95. The van der Waals surface area contributed by atoms with Gasteiger partial charge in [-0.1, -0.05) is 17.7 Å². The van der Waals surface area contributed by atoms with E-state index < -0.39 is 0 Å². The number of hydrogen-bond donors (Lipinski definition) is 1. The van der Waals surface area contributed by atoms with E-state index in [0.29, 0.717) is 6.42 Å². The molecular formula is C13H17NO2. The van der Waals surface area contributed by atoms with Gasteiger partial charge in [-0.15, -0.1) is 0 Å².